The Morgan fingerprint density at radius 3 is 2.64 bits per heavy atom. The molecule has 6 heteroatoms. The van der Waals surface area contributed by atoms with Gasteiger partial charge in [0.1, 0.15) is 6.04 Å². The third-order valence-electron chi connectivity index (χ3n) is 4.33. The maximum Gasteiger partial charge on any atom is 0.324 e. The number of aryl methyl sites for hydroxylation is 2. The summed E-state index contributed by atoms with van der Waals surface area (Å²) < 4.78 is 32.4. The van der Waals surface area contributed by atoms with Crippen molar-refractivity contribution in [1.82, 2.24) is 4.72 Å². The summed E-state index contributed by atoms with van der Waals surface area (Å²) >= 11 is 0. The van der Waals surface area contributed by atoms with Crippen molar-refractivity contribution in [2.24, 2.45) is 5.92 Å². The van der Waals surface area contributed by atoms with Crippen molar-refractivity contribution in [3.05, 3.63) is 29.3 Å². The van der Waals surface area contributed by atoms with Crippen molar-refractivity contribution >= 4 is 16.0 Å². The Morgan fingerprint density at radius 2 is 2.00 bits per heavy atom. The van der Waals surface area contributed by atoms with Crippen LogP contribution in [0.2, 0.25) is 0 Å². The number of hydrogen-bond donors (Lipinski definition) is 1. The number of benzene rings is 1. The standard InChI is InChI=1S/C16H23NO4S/c1-4-11(2)15(16(18)21-3)17-22(19,20)14-9-8-12-6-5-7-13(12)10-14/h8-11,15,17H,4-7H2,1-3H3. The molecule has 0 radical (unpaired) electrons. The molecule has 0 spiro atoms. The Labute approximate surface area is 132 Å². The fourth-order valence-corrected chi connectivity index (χ4v) is 4.05. The molecule has 0 aromatic heterocycles. The second-order valence-corrected chi connectivity index (χ2v) is 7.51. The van der Waals surface area contributed by atoms with Gasteiger partial charge in [0.05, 0.1) is 12.0 Å². The summed E-state index contributed by atoms with van der Waals surface area (Å²) in [6, 6.07) is 4.33. The average molecular weight is 325 g/mol. The Kier molecular flexibility index (Phi) is 5.24. The molecule has 0 fully saturated rings. The zero-order valence-corrected chi connectivity index (χ0v) is 14.1. The van der Waals surface area contributed by atoms with Crippen molar-refractivity contribution in [2.45, 2.75) is 50.5 Å². The molecular formula is C16H23NO4S. The van der Waals surface area contributed by atoms with Crippen molar-refractivity contribution < 1.29 is 17.9 Å². The topological polar surface area (TPSA) is 72.5 Å². The number of esters is 1. The van der Waals surface area contributed by atoms with Gasteiger partial charge in [-0.1, -0.05) is 26.3 Å². The second-order valence-electron chi connectivity index (χ2n) is 5.79. The van der Waals surface area contributed by atoms with Crippen molar-refractivity contribution in [3.8, 4) is 0 Å². The summed E-state index contributed by atoms with van der Waals surface area (Å²) in [7, 11) is -2.48. The van der Waals surface area contributed by atoms with Crippen LogP contribution in [0.15, 0.2) is 23.1 Å². The quantitative estimate of drug-likeness (QED) is 0.813. The van der Waals surface area contributed by atoms with E-state index in [1.807, 2.05) is 19.9 Å². The molecule has 0 saturated carbocycles. The molecule has 0 heterocycles. The number of ether oxygens (including phenoxy) is 1. The van der Waals surface area contributed by atoms with Crippen LogP contribution in [0.5, 0.6) is 0 Å². The number of fused-ring (bicyclic) bond motifs is 1. The number of methoxy groups -OCH3 is 1. The van der Waals surface area contributed by atoms with Crippen molar-refractivity contribution in [2.75, 3.05) is 7.11 Å². The van der Waals surface area contributed by atoms with Crippen molar-refractivity contribution in [3.63, 3.8) is 0 Å². The lowest BCUT2D eigenvalue weighted by atomic mass is 10.0. The molecule has 1 aliphatic rings. The normalized spacial score (nSPS) is 16.9. The monoisotopic (exact) mass is 325 g/mol. The van der Waals surface area contributed by atoms with Crippen molar-refractivity contribution in [1.29, 1.82) is 0 Å². The highest BCUT2D eigenvalue weighted by Gasteiger charge is 2.30. The molecule has 22 heavy (non-hydrogen) atoms. The van der Waals surface area contributed by atoms with Gasteiger partial charge in [0.25, 0.3) is 0 Å². The molecular weight excluding hydrogens is 302 g/mol. The highest BCUT2D eigenvalue weighted by atomic mass is 32.2. The van der Waals surface area contributed by atoms with E-state index in [0.29, 0.717) is 6.42 Å². The highest BCUT2D eigenvalue weighted by Crippen LogP contribution is 2.25. The number of hydrogen-bond acceptors (Lipinski definition) is 4. The number of sulfonamides is 1. The number of carbonyl (C=O) groups is 1. The van der Waals surface area contributed by atoms with Crippen LogP contribution in [-0.2, 0) is 32.4 Å². The molecule has 0 amide bonds. The van der Waals surface area contributed by atoms with Gasteiger partial charge in [-0.2, -0.15) is 4.72 Å². The smallest absolute Gasteiger partial charge is 0.324 e. The lowest BCUT2D eigenvalue weighted by molar-refractivity contribution is -0.143. The molecule has 2 atom stereocenters. The zero-order valence-electron chi connectivity index (χ0n) is 13.3. The molecule has 1 aliphatic carbocycles. The number of carbonyl (C=O) groups excluding carboxylic acids is 1. The van der Waals surface area contributed by atoms with Gasteiger partial charge < -0.3 is 4.74 Å². The van der Waals surface area contributed by atoms with E-state index in [-0.39, 0.29) is 10.8 Å². The molecule has 0 saturated heterocycles. The van der Waals surface area contributed by atoms with E-state index < -0.39 is 22.0 Å². The van der Waals surface area contributed by atoms with Crippen LogP contribution >= 0.6 is 0 Å². The third-order valence-corrected chi connectivity index (χ3v) is 5.77. The lowest BCUT2D eigenvalue weighted by Crippen LogP contribution is -2.45. The van der Waals surface area contributed by atoms with E-state index in [1.165, 1.54) is 12.7 Å². The highest BCUT2D eigenvalue weighted by molar-refractivity contribution is 7.89. The van der Waals surface area contributed by atoms with Crippen LogP contribution in [0.25, 0.3) is 0 Å². The molecule has 122 valence electrons. The average Bonchev–Trinajstić information content (AvgIpc) is 2.98. The third kappa shape index (κ3) is 3.50. The fraction of sp³-hybridized carbons (Fsp3) is 0.562. The van der Waals surface area contributed by atoms with E-state index in [9.17, 15) is 13.2 Å². The lowest BCUT2D eigenvalue weighted by Gasteiger charge is -2.21. The minimum atomic E-state index is -3.74. The molecule has 5 nitrogen and oxygen atoms in total. The van der Waals surface area contributed by atoms with Crippen LogP contribution in [-0.4, -0.2) is 27.5 Å². The second kappa shape index (κ2) is 6.79. The van der Waals surface area contributed by atoms with Gasteiger partial charge in [-0.25, -0.2) is 8.42 Å². The number of nitrogens with one attached hydrogen (secondary N) is 1. The van der Waals surface area contributed by atoms with Gasteiger partial charge in [-0.15, -0.1) is 0 Å². The molecule has 1 N–H and O–H groups in total. The summed E-state index contributed by atoms with van der Waals surface area (Å²) in [5.74, 6) is -0.698. The van der Waals surface area contributed by atoms with Gasteiger partial charge in [-0.3, -0.25) is 4.79 Å². The predicted molar refractivity (Wildman–Crippen MR) is 84.0 cm³/mol. The summed E-state index contributed by atoms with van der Waals surface area (Å²) in [6.45, 7) is 3.73. The van der Waals surface area contributed by atoms with Gasteiger partial charge in [0, 0.05) is 0 Å². The number of rotatable bonds is 6. The van der Waals surface area contributed by atoms with E-state index in [4.69, 9.17) is 4.74 Å². The van der Waals surface area contributed by atoms with Gasteiger partial charge >= 0.3 is 5.97 Å². The molecule has 2 rings (SSSR count). The Bertz CT molecular complexity index is 654. The molecule has 0 aliphatic heterocycles. The summed E-state index contributed by atoms with van der Waals surface area (Å²) in [6.07, 6.45) is 3.64. The van der Waals surface area contributed by atoms with Crippen LogP contribution in [0, 0.1) is 5.92 Å². The molecule has 0 bridgehead atoms. The Hall–Kier alpha value is -1.40. The Morgan fingerprint density at radius 1 is 1.32 bits per heavy atom. The minimum absolute atomic E-state index is 0.142. The maximum absolute atomic E-state index is 12.6. The first-order chi connectivity index (χ1) is 10.4. The molecule has 1 aromatic carbocycles. The SMILES string of the molecule is CCC(C)C(NS(=O)(=O)c1ccc2c(c1)CCC2)C(=O)OC. The van der Waals surface area contributed by atoms with Crippen LogP contribution in [0.1, 0.15) is 37.8 Å². The van der Waals surface area contributed by atoms with Gasteiger partial charge in [0.2, 0.25) is 10.0 Å². The van der Waals surface area contributed by atoms with E-state index in [0.717, 1.165) is 24.8 Å². The summed E-state index contributed by atoms with van der Waals surface area (Å²) in [4.78, 5) is 12.1. The van der Waals surface area contributed by atoms with E-state index in [2.05, 4.69) is 4.72 Å². The predicted octanol–water partition coefficient (Wildman–Crippen LogP) is 2.04. The first-order valence-electron chi connectivity index (χ1n) is 7.61. The van der Waals surface area contributed by atoms with Crippen LogP contribution in [0.4, 0.5) is 0 Å². The van der Waals surface area contributed by atoms with Gasteiger partial charge in [0.15, 0.2) is 0 Å². The fourth-order valence-electron chi connectivity index (χ4n) is 2.71. The Balaban J connectivity index is 2.27. The summed E-state index contributed by atoms with van der Waals surface area (Å²) in [5, 5.41) is 0. The first kappa shape index (κ1) is 17.0. The summed E-state index contributed by atoms with van der Waals surface area (Å²) in [5.41, 5.74) is 2.30. The van der Waals surface area contributed by atoms with Crippen LogP contribution in [0.3, 0.4) is 0 Å². The first-order valence-corrected chi connectivity index (χ1v) is 9.09. The zero-order chi connectivity index (χ0) is 16.3. The van der Waals surface area contributed by atoms with E-state index in [1.54, 1.807) is 12.1 Å². The maximum atomic E-state index is 12.6. The minimum Gasteiger partial charge on any atom is -0.468 e. The molecule has 2 unspecified atom stereocenters. The largest absolute Gasteiger partial charge is 0.468 e. The van der Waals surface area contributed by atoms with E-state index >= 15 is 0 Å². The molecule has 1 aromatic rings. The van der Waals surface area contributed by atoms with Crippen LogP contribution < -0.4 is 4.72 Å². The van der Waals surface area contributed by atoms with Gasteiger partial charge in [-0.05, 0) is 48.4 Å².